The molecule has 0 bridgehead atoms. The molecule has 1 fully saturated rings. The van der Waals surface area contributed by atoms with Gasteiger partial charge in [0.05, 0.1) is 17.8 Å². The van der Waals surface area contributed by atoms with Crippen LogP contribution >= 0.6 is 0 Å². The number of likely N-dealkylation sites (tertiary alicyclic amines) is 1. The van der Waals surface area contributed by atoms with Gasteiger partial charge in [0.1, 0.15) is 0 Å². The van der Waals surface area contributed by atoms with Crippen molar-refractivity contribution in [2.24, 2.45) is 5.10 Å². The number of benzene rings is 1. The smallest absolute Gasteiger partial charge is 0.253 e. The van der Waals surface area contributed by atoms with Crippen LogP contribution in [0.25, 0.3) is 0 Å². The first-order valence-electron chi connectivity index (χ1n) is 6.99. The molecule has 1 aromatic rings. The molecule has 4 heteroatoms. The Labute approximate surface area is 113 Å². The predicted octanol–water partition coefficient (Wildman–Crippen LogP) is 2.27. The molecule has 2 heterocycles. The van der Waals surface area contributed by atoms with Gasteiger partial charge in [-0.05, 0) is 38.1 Å². The van der Waals surface area contributed by atoms with Crippen molar-refractivity contribution in [3.63, 3.8) is 0 Å². The topological polar surface area (TPSA) is 35.9 Å². The van der Waals surface area contributed by atoms with Gasteiger partial charge in [-0.1, -0.05) is 24.6 Å². The number of rotatable bonds is 3. The Balaban J connectivity index is 1.69. The lowest BCUT2D eigenvalue weighted by Crippen LogP contribution is -2.34. The minimum atomic E-state index is 0.0817. The summed E-state index contributed by atoms with van der Waals surface area (Å²) in [5, 5.41) is 6.03. The maximum absolute atomic E-state index is 12.0. The molecule has 0 saturated carbocycles. The molecule has 0 aliphatic carbocycles. The van der Waals surface area contributed by atoms with Crippen molar-refractivity contribution in [2.75, 3.05) is 24.6 Å². The Hall–Kier alpha value is -1.68. The molecule has 4 nitrogen and oxygen atoms in total. The zero-order valence-electron chi connectivity index (χ0n) is 11.1. The van der Waals surface area contributed by atoms with Gasteiger partial charge in [0.25, 0.3) is 5.91 Å². The molecule has 1 saturated heterocycles. The second-order valence-corrected chi connectivity index (χ2v) is 5.22. The van der Waals surface area contributed by atoms with Crippen LogP contribution in [0.3, 0.4) is 0 Å². The van der Waals surface area contributed by atoms with Crippen LogP contribution in [0.15, 0.2) is 35.4 Å². The average molecular weight is 257 g/mol. The van der Waals surface area contributed by atoms with Crippen molar-refractivity contribution < 1.29 is 4.79 Å². The van der Waals surface area contributed by atoms with Gasteiger partial charge in [0.2, 0.25) is 0 Å². The van der Waals surface area contributed by atoms with Crippen LogP contribution in [0.4, 0.5) is 5.69 Å². The van der Waals surface area contributed by atoms with Crippen LogP contribution in [0.1, 0.15) is 25.7 Å². The van der Waals surface area contributed by atoms with Crippen molar-refractivity contribution in [1.29, 1.82) is 0 Å². The highest BCUT2D eigenvalue weighted by Gasteiger charge is 2.26. The van der Waals surface area contributed by atoms with Crippen LogP contribution in [-0.2, 0) is 4.79 Å². The number of carbonyl (C=O) groups is 1. The molecule has 0 aromatic heterocycles. The molecule has 2 aliphatic rings. The zero-order valence-corrected chi connectivity index (χ0v) is 11.1. The molecule has 0 N–H and O–H groups in total. The van der Waals surface area contributed by atoms with Gasteiger partial charge in [-0.2, -0.15) is 5.10 Å². The summed E-state index contributed by atoms with van der Waals surface area (Å²) in [5.74, 6) is 0.0817. The summed E-state index contributed by atoms with van der Waals surface area (Å²) in [6.07, 6.45) is 4.33. The van der Waals surface area contributed by atoms with Gasteiger partial charge in [-0.25, -0.2) is 5.01 Å². The van der Waals surface area contributed by atoms with Gasteiger partial charge in [0.15, 0.2) is 0 Å². The van der Waals surface area contributed by atoms with E-state index >= 15 is 0 Å². The lowest BCUT2D eigenvalue weighted by Gasteiger charge is -2.25. The quantitative estimate of drug-likeness (QED) is 0.832. The number of hydrogen-bond acceptors (Lipinski definition) is 3. The molecule has 1 amide bonds. The Bertz CT molecular complexity index is 477. The normalized spacial score (nSPS) is 20.7. The van der Waals surface area contributed by atoms with E-state index in [-0.39, 0.29) is 5.91 Å². The lowest BCUT2D eigenvalue weighted by molar-refractivity contribution is -0.116. The van der Waals surface area contributed by atoms with Gasteiger partial charge in [0, 0.05) is 6.54 Å². The molecule has 0 unspecified atom stereocenters. The number of anilines is 1. The molecular formula is C15H19N3O. The van der Waals surface area contributed by atoms with Gasteiger partial charge in [-0.3, -0.25) is 9.69 Å². The maximum Gasteiger partial charge on any atom is 0.253 e. The second kappa shape index (κ2) is 5.53. The average Bonchev–Trinajstić information content (AvgIpc) is 2.82. The van der Waals surface area contributed by atoms with Crippen LogP contribution in [0.2, 0.25) is 0 Å². The summed E-state index contributed by atoms with van der Waals surface area (Å²) in [6, 6.07) is 9.65. The Kier molecular flexibility index (Phi) is 3.60. The Morgan fingerprint density at radius 2 is 1.79 bits per heavy atom. The lowest BCUT2D eigenvalue weighted by atomic mass is 10.1. The fourth-order valence-electron chi connectivity index (χ4n) is 2.72. The first-order valence-corrected chi connectivity index (χ1v) is 6.99. The van der Waals surface area contributed by atoms with E-state index in [0.29, 0.717) is 6.42 Å². The summed E-state index contributed by atoms with van der Waals surface area (Å²) in [5.41, 5.74) is 1.86. The molecule has 0 atom stereocenters. The first-order chi connectivity index (χ1) is 9.33. The van der Waals surface area contributed by atoms with E-state index in [1.54, 1.807) is 5.01 Å². The van der Waals surface area contributed by atoms with Gasteiger partial charge < -0.3 is 0 Å². The van der Waals surface area contributed by atoms with E-state index in [0.717, 1.165) is 31.0 Å². The second-order valence-electron chi connectivity index (χ2n) is 5.22. The predicted molar refractivity (Wildman–Crippen MR) is 76.3 cm³/mol. The zero-order chi connectivity index (χ0) is 13.1. The van der Waals surface area contributed by atoms with E-state index < -0.39 is 0 Å². The standard InChI is InChI=1S/C15H19N3O/c19-15-11-13(12-17-9-5-2-6-10-17)16-18(15)14-7-3-1-4-8-14/h1,3-4,7-8H,2,5-6,9-12H2. The molecule has 0 spiro atoms. The SMILES string of the molecule is O=C1CC(CN2CCCCC2)=NN1c1ccccc1. The number of piperidine rings is 1. The van der Waals surface area contributed by atoms with Crippen molar-refractivity contribution in [3.8, 4) is 0 Å². The van der Waals surface area contributed by atoms with Crippen LogP contribution < -0.4 is 5.01 Å². The van der Waals surface area contributed by atoms with Crippen LogP contribution in [0.5, 0.6) is 0 Å². The van der Waals surface area contributed by atoms with E-state index in [9.17, 15) is 4.79 Å². The van der Waals surface area contributed by atoms with Gasteiger partial charge in [-0.15, -0.1) is 0 Å². The highest BCUT2D eigenvalue weighted by Crippen LogP contribution is 2.20. The van der Waals surface area contributed by atoms with E-state index in [1.165, 1.54) is 19.3 Å². The summed E-state index contributed by atoms with van der Waals surface area (Å²) < 4.78 is 0. The van der Waals surface area contributed by atoms with E-state index in [1.807, 2.05) is 30.3 Å². The van der Waals surface area contributed by atoms with Crippen molar-refractivity contribution in [3.05, 3.63) is 30.3 Å². The molecule has 1 aromatic carbocycles. The fourth-order valence-corrected chi connectivity index (χ4v) is 2.72. The summed E-state index contributed by atoms with van der Waals surface area (Å²) in [7, 11) is 0. The number of amides is 1. The number of hydrogen-bond donors (Lipinski definition) is 0. The van der Waals surface area contributed by atoms with E-state index in [4.69, 9.17) is 0 Å². The number of para-hydroxylation sites is 1. The molecule has 3 rings (SSSR count). The third-order valence-corrected chi connectivity index (χ3v) is 3.69. The van der Waals surface area contributed by atoms with Gasteiger partial charge >= 0.3 is 0 Å². The third kappa shape index (κ3) is 2.84. The highest BCUT2D eigenvalue weighted by atomic mass is 16.2. The number of hydrazone groups is 1. The first kappa shape index (κ1) is 12.4. The minimum absolute atomic E-state index is 0.0817. The van der Waals surface area contributed by atoms with Crippen molar-refractivity contribution in [2.45, 2.75) is 25.7 Å². The van der Waals surface area contributed by atoms with Crippen LogP contribution in [-0.4, -0.2) is 36.2 Å². The van der Waals surface area contributed by atoms with Crippen molar-refractivity contribution in [1.82, 2.24) is 4.90 Å². The minimum Gasteiger partial charge on any atom is -0.298 e. The number of carbonyl (C=O) groups excluding carboxylic acids is 1. The summed E-state index contributed by atoms with van der Waals surface area (Å²) in [4.78, 5) is 14.4. The highest BCUT2D eigenvalue weighted by molar-refractivity contribution is 6.13. The Morgan fingerprint density at radius 3 is 2.53 bits per heavy atom. The Morgan fingerprint density at radius 1 is 1.05 bits per heavy atom. The maximum atomic E-state index is 12.0. The summed E-state index contributed by atoms with van der Waals surface area (Å²) >= 11 is 0. The molecular weight excluding hydrogens is 238 g/mol. The largest absolute Gasteiger partial charge is 0.298 e. The van der Waals surface area contributed by atoms with E-state index in [2.05, 4.69) is 10.0 Å². The monoisotopic (exact) mass is 257 g/mol. The molecule has 19 heavy (non-hydrogen) atoms. The van der Waals surface area contributed by atoms with Crippen LogP contribution in [0, 0.1) is 0 Å². The number of nitrogens with zero attached hydrogens (tertiary/aromatic N) is 3. The molecule has 2 aliphatic heterocycles. The fraction of sp³-hybridized carbons (Fsp3) is 0.467. The third-order valence-electron chi connectivity index (χ3n) is 3.69. The summed E-state index contributed by atoms with van der Waals surface area (Å²) in [6.45, 7) is 3.12. The molecule has 100 valence electrons. The van der Waals surface area contributed by atoms with Crippen molar-refractivity contribution >= 4 is 17.3 Å². The molecule has 0 radical (unpaired) electrons.